The summed E-state index contributed by atoms with van der Waals surface area (Å²) in [5.41, 5.74) is 2.35. The number of methoxy groups -OCH3 is 1. The number of amides is 2. The van der Waals surface area contributed by atoms with Gasteiger partial charge in [-0.05, 0) is 86.2 Å². The Hall–Kier alpha value is -3.04. The first-order valence-electron chi connectivity index (χ1n) is 11.5. The van der Waals surface area contributed by atoms with E-state index < -0.39 is 0 Å². The molecule has 8 nitrogen and oxygen atoms in total. The van der Waals surface area contributed by atoms with Crippen molar-refractivity contribution in [1.29, 1.82) is 0 Å². The molecular formula is C25H28N4O4S. The van der Waals surface area contributed by atoms with E-state index in [2.05, 4.69) is 20.6 Å². The molecule has 0 spiro atoms. The lowest BCUT2D eigenvalue weighted by molar-refractivity contribution is -0.115. The third-order valence-electron chi connectivity index (χ3n) is 6.16. The SMILES string of the molecule is COC(=O)c1cccc(CCNC2CCC(Cc3nccc(/C=C4\SC(=O)NC4=O)n3)CC2)c1. The fourth-order valence-electron chi connectivity index (χ4n) is 4.37. The fourth-order valence-corrected chi connectivity index (χ4v) is 5.04. The summed E-state index contributed by atoms with van der Waals surface area (Å²) in [5, 5.41) is 5.55. The molecule has 0 atom stereocenters. The Morgan fingerprint density at radius 3 is 2.79 bits per heavy atom. The molecule has 4 rings (SSSR count). The summed E-state index contributed by atoms with van der Waals surface area (Å²) in [7, 11) is 1.39. The van der Waals surface area contributed by atoms with Gasteiger partial charge in [0.1, 0.15) is 5.82 Å². The van der Waals surface area contributed by atoms with E-state index in [-0.39, 0.29) is 17.1 Å². The predicted octanol–water partition coefficient (Wildman–Crippen LogP) is 3.52. The highest BCUT2D eigenvalue weighted by molar-refractivity contribution is 8.18. The summed E-state index contributed by atoms with van der Waals surface area (Å²) >= 11 is 0.892. The smallest absolute Gasteiger partial charge is 0.337 e. The van der Waals surface area contributed by atoms with E-state index in [1.54, 1.807) is 24.4 Å². The van der Waals surface area contributed by atoms with Crippen molar-refractivity contribution in [2.24, 2.45) is 5.92 Å². The first kappa shape index (κ1) is 24.1. The van der Waals surface area contributed by atoms with Gasteiger partial charge in [0.05, 0.1) is 23.3 Å². The van der Waals surface area contributed by atoms with Crippen molar-refractivity contribution in [2.75, 3.05) is 13.7 Å². The number of carbonyl (C=O) groups excluding carboxylic acids is 3. The number of hydrogen-bond donors (Lipinski definition) is 2. The lowest BCUT2D eigenvalue weighted by Crippen LogP contribution is -2.35. The van der Waals surface area contributed by atoms with Crippen LogP contribution in [0.5, 0.6) is 0 Å². The van der Waals surface area contributed by atoms with Gasteiger partial charge in [0.25, 0.3) is 11.1 Å². The zero-order chi connectivity index (χ0) is 23.9. The summed E-state index contributed by atoms with van der Waals surface area (Å²) in [6.45, 7) is 0.869. The van der Waals surface area contributed by atoms with Crippen molar-refractivity contribution in [1.82, 2.24) is 20.6 Å². The van der Waals surface area contributed by atoms with Crippen LogP contribution in [0.4, 0.5) is 4.79 Å². The van der Waals surface area contributed by atoms with E-state index in [9.17, 15) is 14.4 Å². The Balaban J connectivity index is 1.22. The summed E-state index contributed by atoms with van der Waals surface area (Å²) < 4.78 is 4.79. The van der Waals surface area contributed by atoms with E-state index in [0.717, 1.165) is 68.2 Å². The van der Waals surface area contributed by atoms with Gasteiger partial charge in [-0.1, -0.05) is 12.1 Å². The molecule has 1 saturated carbocycles. The zero-order valence-electron chi connectivity index (χ0n) is 19.1. The van der Waals surface area contributed by atoms with Crippen LogP contribution in [0.25, 0.3) is 6.08 Å². The Morgan fingerprint density at radius 2 is 2.06 bits per heavy atom. The molecule has 1 saturated heterocycles. The van der Waals surface area contributed by atoms with Crippen molar-refractivity contribution >= 4 is 35.0 Å². The first-order chi connectivity index (χ1) is 16.5. The van der Waals surface area contributed by atoms with Crippen LogP contribution < -0.4 is 10.6 Å². The predicted molar refractivity (Wildman–Crippen MR) is 130 cm³/mol. The molecule has 9 heteroatoms. The fraction of sp³-hybridized carbons (Fsp3) is 0.400. The monoisotopic (exact) mass is 480 g/mol. The van der Waals surface area contributed by atoms with Crippen molar-refractivity contribution in [2.45, 2.75) is 44.6 Å². The second kappa shape index (κ2) is 11.4. The zero-order valence-corrected chi connectivity index (χ0v) is 19.9. The van der Waals surface area contributed by atoms with Crippen LogP contribution >= 0.6 is 11.8 Å². The number of esters is 1. The molecule has 34 heavy (non-hydrogen) atoms. The number of imide groups is 1. The summed E-state index contributed by atoms with van der Waals surface area (Å²) in [6, 6.07) is 9.82. The van der Waals surface area contributed by atoms with Crippen LogP contribution in [0.1, 0.15) is 53.1 Å². The first-order valence-corrected chi connectivity index (χ1v) is 12.3. The molecule has 1 aromatic carbocycles. The summed E-state index contributed by atoms with van der Waals surface area (Å²) in [5.74, 6) is 0.615. The minimum absolute atomic E-state index is 0.308. The molecule has 2 aromatic rings. The van der Waals surface area contributed by atoms with E-state index in [1.165, 1.54) is 7.11 Å². The van der Waals surface area contributed by atoms with Gasteiger partial charge in [-0.25, -0.2) is 14.8 Å². The lowest BCUT2D eigenvalue weighted by Gasteiger charge is -2.29. The molecule has 2 aliphatic rings. The topological polar surface area (TPSA) is 110 Å². The third-order valence-corrected chi connectivity index (χ3v) is 6.97. The largest absolute Gasteiger partial charge is 0.465 e. The minimum atomic E-state index is -0.378. The number of ether oxygens (including phenoxy) is 1. The molecule has 178 valence electrons. The van der Waals surface area contributed by atoms with Gasteiger partial charge in [-0.2, -0.15) is 0 Å². The second-order valence-electron chi connectivity index (χ2n) is 8.57. The molecule has 1 aliphatic carbocycles. The molecule has 1 aromatic heterocycles. The van der Waals surface area contributed by atoms with E-state index in [1.807, 2.05) is 18.2 Å². The molecule has 0 unspecified atom stereocenters. The minimum Gasteiger partial charge on any atom is -0.465 e. The number of nitrogens with zero attached hydrogens (tertiary/aromatic N) is 2. The van der Waals surface area contributed by atoms with Crippen LogP contribution in [0.2, 0.25) is 0 Å². The van der Waals surface area contributed by atoms with Gasteiger partial charge in [-0.15, -0.1) is 0 Å². The third kappa shape index (κ3) is 6.51. The average Bonchev–Trinajstić information content (AvgIpc) is 3.16. The highest BCUT2D eigenvalue weighted by Crippen LogP contribution is 2.28. The molecular weight excluding hydrogens is 452 g/mol. The number of thioether (sulfide) groups is 1. The van der Waals surface area contributed by atoms with Gasteiger partial charge in [-0.3, -0.25) is 14.9 Å². The van der Waals surface area contributed by atoms with Crippen molar-refractivity contribution in [3.8, 4) is 0 Å². The van der Waals surface area contributed by atoms with Crippen LogP contribution in [-0.4, -0.2) is 46.8 Å². The van der Waals surface area contributed by atoms with Crippen LogP contribution in [0.3, 0.4) is 0 Å². The van der Waals surface area contributed by atoms with Crippen molar-refractivity contribution < 1.29 is 19.1 Å². The number of aromatic nitrogens is 2. The molecule has 2 fully saturated rings. The van der Waals surface area contributed by atoms with E-state index in [4.69, 9.17) is 4.74 Å². The number of hydrogen-bond acceptors (Lipinski definition) is 8. The summed E-state index contributed by atoms with van der Waals surface area (Å²) in [6.07, 6.45) is 9.44. The van der Waals surface area contributed by atoms with Gasteiger partial charge >= 0.3 is 5.97 Å². The molecule has 2 N–H and O–H groups in total. The Labute approximate surface area is 203 Å². The van der Waals surface area contributed by atoms with E-state index >= 15 is 0 Å². The highest BCUT2D eigenvalue weighted by atomic mass is 32.2. The molecule has 2 heterocycles. The maximum absolute atomic E-state index is 11.7. The van der Waals surface area contributed by atoms with Crippen LogP contribution in [-0.2, 0) is 22.4 Å². The van der Waals surface area contributed by atoms with Crippen molar-refractivity contribution in [3.05, 3.63) is 64.1 Å². The number of rotatable bonds is 8. The van der Waals surface area contributed by atoms with Gasteiger partial charge in [0.2, 0.25) is 0 Å². The molecule has 1 aliphatic heterocycles. The molecule has 0 radical (unpaired) electrons. The second-order valence-corrected chi connectivity index (χ2v) is 9.58. The molecule has 2 amide bonds. The van der Waals surface area contributed by atoms with Crippen LogP contribution in [0.15, 0.2) is 41.4 Å². The van der Waals surface area contributed by atoms with Crippen LogP contribution in [0, 0.1) is 5.92 Å². The van der Waals surface area contributed by atoms with Gasteiger partial charge < -0.3 is 10.1 Å². The maximum atomic E-state index is 11.7. The maximum Gasteiger partial charge on any atom is 0.337 e. The normalized spacial score (nSPS) is 21.5. The van der Waals surface area contributed by atoms with E-state index in [0.29, 0.717) is 28.1 Å². The molecule has 0 bridgehead atoms. The van der Waals surface area contributed by atoms with Gasteiger partial charge in [0.15, 0.2) is 0 Å². The Kier molecular flexibility index (Phi) is 8.08. The quantitative estimate of drug-likeness (QED) is 0.436. The Morgan fingerprint density at radius 1 is 1.24 bits per heavy atom. The lowest BCUT2D eigenvalue weighted by atomic mass is 9.84. The Bertz CT molecular complexity index is 1100. The highest BCUT2D eigenvalue weighted by Gasteiger charge is 2.25. The average molecular weight is 481 g/mol. The number of benzene rings is 1. The number of carbonyl (C=O) groups is 3. The standard InChI is InChI=1S/C25H28N4O4S/c1-33-24(31)18-4-2-3-16(13-18)9-11-26-19-7-5-17(6-8-19)14-22-27-12-10-20(28-22)15-21-23(30)29-25(32)34-21/h2-4,10,12-13,15,17,19,26H,5-9,11,14H2,1H3,(H,29,30,32)/b21-15-. The van der Waals surface area contributed by atoms with Crippen molar-refractivity contribution in [3.63, 3.8) is 0 Å². The van der Waals surface area contributed by atoms with Gasteiger partial charge in [0, 0.05) is 18.7 Å². The number of nitrogens with one attached hydrogen (secondary N) is 2. The summed E-state index contributed by atoms with van der Waals surface area (Å²) in [4.78, 5) is 44.1.